The first-order valence-electron chi connectivity index (χ1n) is 14.5. The quantitative estimate of drug-likeness (QED) is 0.345. The fraction of sp³-hybridized carbons (Fsp3) is 0.419. The number of aryl methyl sites for hydroxylation is 1. The average molecular weight is 605 g/mol. The van der Waals surface area contributed by atoms with Gasteiger partial charge in [-0.2, -0.15) is 5.26 Å². The second kappa shape index (κ2) is 10.7. The number of benzene rings is 1. The zero-order chi connectivity index (χ0) is 29.9. The maximum atomic E-state index is 13.5. The van der Waals surface area contributed by atoms with Gasteiger partial charge in [0, 0.05) is 84.2 Å². The molecule has 0 spiro atoms. The van der Waals surface area contributed by atoms with Crippen LogP contribution < -0.4 is 21.5 Å². The van der Waals surface area contributed by atoms with Gasteiger partial charge in [0.15, 0.2) is 0 Å². The van der Waals surface area contributed by atoms with E-state index in [1.807, 2.05) is 24.3 Å². The van der Waals surface area contributed by atoms with Crippen LogP contribution in [0.2, 0.25) is 0 Å². The Balaban J connectivity index is 1.29. The summed E-state index contributed by atoms with van der Waals surface area (Å²) < 4.78 is 30.2. The van der Waals surface area contributed by atoms with Crippen LogP contribution in [-0.4, -0.2) is 56.9 Å². The molecule has 222 valence electrons. The van der Waals surface area contributed by atoms with Crippen LogP contribution in [0, 0.1) is 11.3 Å². The van der Waals surface area contributed by atoms with E-state index in [9.17, 15) is 28.7 Å². The summed E-state index contributed by atoms with van der Waals surface area (Å²) >= 11 is 1.43. The van der Waals surface area contributed by atoms with Gasteiger partial charge >= 0.3 is 5.69 Å². The van der Waals surface area contributed by atoms with Crippen molar-refractivity contribution in [2.45, 2.75) is 62.7 Å². The van der Waals surface area contributed by atoms with Crippen molar-refractivity contribution >= 4 is 27.2 Å². The number of nitrogens with zero attached hydrogens (tertiary/aromatic N) is 5. The van der Waals surface area contributed by atoms with Gasteiger partial charge in [-0.1, -0.05) is 0 Å². The highest BCUT2D eigenvalue weighted by Crippen LogP contribution is 2.45. The molecular formula is C31H30F2N6O3S. The Kier molecular flexibility index (Phi) is 6.91. The number of anilines is 1. The van der Waals surface area contributed by atoms with E-state index < -0.39 is 36.1 Å². The van der Waals surface area contributed by atoms with E-state index in [4.69, 9.17) is 0 Å². The Morgan fingerprint density at radius 1 is 1.16 bits per heavy atom. The predicted molar refractivity (Wildman–Crippen MR) is 160 cm³/mol. The maximum Gasteiger partial charge on any atom is 0.331 e. The second-order valence-corrected chi connectivity index (χ2v) is 12.9. The lowest BCUT2D eigenvalue weighted by Gasteiger charge is -2.38. The third kappa shape index (κ3) is 4.95. The highest BCUT2D eigenvalue weighted by Gasteiger charge is 2.46. The molecule has 3 aromatic heterocycles. The predicted octanol–water partition coefficient (Wildman–Crippen LogP) is 3.65. The number of pyridine rings is 1. The van der Waals surface area contributed by atoms with Crippen LogP contribution in [-0.2, 0) is 13.0 Å². The Bertz CT molecular complexity index is 1890. The van der Waals surface area contributed by atoms with Gasteiger partial charge in [-0.3, -0.25) is 18.9 Å². The number of aliphatic hydroxyl groups excluding tert-OH is 1. The number of aromatic nitrogens is 3. The molecule has 0 radical (unpaired) electrons. The first-order chi connectivity index (χ1) is 20.7. The largest absolute Gasteiger partial charge is 0.395 e. The molecule has 7 rings (SSSR count). The van der Waals surface area contributed by atoms with Crippen LogP contribution in [0.25, 0.3) is 21.3 Å². The van der Waals surface area contributed by atoms with Gasteiger partial charge in [0.2, 0.25) is 0 Å². The summed E-state index contributed by atoms with van der Waals surface area (Å²) in [6, 6.07) is 10.9. The molecule has 5 heterocycles. The second-order valence-electron chi connectivity index (χ2n) is 11.8. The van der Waals surface area contributed by atoms with E-state index in [-0.39, 0.29) is 25.2 Å². The van der Waals surface area contributed by atoms with Crippen molar-refractivity contribution in [3.8, 4) is 17.2 Å². The average Bonchev–Trinajstić information content (AvgIpc) is 3.64. The number of alkyl halides is 2. The normalized spacial score (nSPS) is 21.5. The van der Waals surface area contributed by atoms with E-state index in [0.29, 0.717) is 11.1 Å². The smallest absolute Gasteiger partial charge is 0.331 e. The molecule has 3 aliphatic rings. The van der Waals surface area contributed by atoms with Crippen LogP contribution in [0.5, 0.6) is 0 Å². The molecule has 9 nitrogen and oxygen atoms in total. The minimum Gasteiger partial charge on any atom is -0.395 e. The SMILES string of the molecule is N#Cc1cc2c(c(-c3ccnc4cc(Cn5c(=O)ccn(C6CC(F)(F)C6)c5=O)sc34)c1)N([C@@H]1CN[C@@H](CO)C1)CCC2. The molecule has 0 bridgehead atoms. The molecule has 4 aromatic rings. The van der Waals surface area contributed by atoms with Gasteiger partial charge in [-0.15, -0.1) is 11.3 Å². The van der Waals surface area contributed by atoms with E-state index in [1.54, 1.807) is 6.20 Å². The zero-order valence-electron chi connectivity index (χ0n) is 23.3. The van der Waals surface area contributed by atoms with Gasteiger partial charge < -0.3 is 15.3 Å². The molecule has 2 aliphatic heterocycles. The molecule has 2 atom stereocenters. The summed E-state index contributed by atoms with van der Waals surface area (Å²) in [6.07, 6.45) is 4.86. The molecule has 1 aromatic carbocycles. The van der Waals surface area contributed by atoms with Crippen LogP contribution in [0.4, 0.5) is 14.5 Å². The number of rotatable bonds is 6. The van der Waals surface area contributed by atoms with Crippen molar-refractivity contribution in [3.05, 3.63) is 79.6 Å². The lowest BCUT2D eigenvalue weighted by molar-refractivity contribution is -0.105. The number of halogens is 2. The van der Waals surface area contributed by atoms with E-state index in [2.05, 4.69) is 21.3 Å². The molecule has 12 heteroatoms. The summed E-state index contributed by atoms with van der Waals surface area (Å²) in [6.45, 7) is 1.72. The maximum absolute atomic E-state index is 13.5. The summed E-state index contributed by atoms with van der Waals surface area (Å²) in [5.74, 6) is -2.79. The number of fused-ring (bicyclic) bond motifs is 2. The number of hydrogen-bond donors (Lipinski definition) is 2. The molecule has 2 N–H and O–H groups in total. The molecule has 1 saturated heterocycles. The third-order valence-electron chi connectivity index (χ3n) is 8.93. The van der Waals surface area contributed by atoms with Gasteiger partial charge in [0.05, 0.1) is 35.0 Å². The molecule has 0 amide bonds. The third-order valence-corrected chi connectivity index (χ3v) is 10.1. The summed E-state index contributed by atoms with van der Waals surface area (Å²) in [5, 5.41) is 23.0. The molecule has 1 saturated carbocycles. The Morgan fingerprint density at radius 2 is 2.00 bits per heavy atom. The van der Waals surface area contributed by atoms with Crippen LogP contribution in [0.3, 0.4) is 0 Å². The fourth-order valence-electron chi connectivity index (χ4n) is 6.80. The highest BCUT2D eigenvalue weighted by atomic mass is 32.1. The molecule has 43 heavy (non-hydrogen) atoms. The Hall–Kier alpha value is -3.92. The van der Waals surface area contributed by atoms with Gasteiger partial charge in [0.1, 0.15) is 0 Å². The fourth-order valence-corrected chi connectivity index (χ4v) is 7.93. The standard InChI is InChI=1S/C31H30F2N6O3S/c32-31(33)12-22(13-31)38-7-4-27(41)39(30(38)42)16-23-11-26-29(43-23)24(3-5-35-26)25-9-18(14-34)8-19-2-1-6-37(28(19)25)21-10-20(17-40)36-15-21/h3-5,7-9,11,20-22,36,40H,1-2,6,10,12-13,15-17H2/t20-,21+/m1/s1. The van der Waals surface area contributed by atoms with Crippen LogP contribution in [0.15, 0.2) is 52.3 Å². The number of thiophene rings is 1. The lowest BCUT2D eigenvalue weighted by atomic mass is 9.88. The number of nitriles is 1. The topological polar surface area (TPSA) is 116 Å². The minimum absolute atomic E-state index is 0.000839. The van der Waals surface area contributed by atoms with Gasteiger partial charge in [0.25, 0.3) is 11.5 Å². The number of hydrogen-bond acceptors (Lipinski definition) is 8. The van der Waals surface area contributed by atoms with Crippen molar-refractivity contribution in [1.29, 1.82) is 5.26 Å². The van der Waals surface area contributed by atoms with Crippen molar-refractivity contribution in [2.75, 3.05) is 24.6 Å². The molecule has 2 fully saturated rings. The van der Waals surface area contributed by atoms with E-state index in [0.717, 1.165) is 68.9 Å². The van der Waals surface area contributed by atoms with Crippen molar-refractivity contribution < 1.29 is 13.9 Å². The monoisotopic (exact) mass is 604 g/mol. The van der Waals surface area contributed by atoms with E-state index >= 15 is 0 Å². The Morgan fingerprint density at radius 3 is 2.74 bits per heavy atom. The van der Waals surface area contributed by atoms with Crippen LogP contribution >= 0.6 is 11.3 Å². The summed E-state index contributed by atoms with van der Waals surface area (Å²) in [7, 11) is 0. The van der Waals surface area contributed by atoms with E-state index in [1.165, 1.54) is 28.2 Å². The molecule has 1 aliphatic carbocycles. The first kappa shape index (κ1) is 27.9. The highest BCUT2D eigenvalue weighted by molar-refractivity contribution is 7.19. The first-order valence-corrected chi connectivity index (χ1v) is 15.3. The van der Waals surface area contributed by atoms with Gasteiger partial charge in [-0.05, 0) is 49.1 Å². The Labute approximate surface area is 249 Å². The number of nitrogens with one attached hydrogen (secondary N) is 1. The molecule has 0 unspecified atom stereocenters. The zero-order valence-corrected chi connectivity index (χ0v) is 24.1. The minimum atomic E-state index is -2.79. The van der Waals surface area contributed by atoms with Crippen molar-refractivity contribution in [1.82, 2.24) is 19.4 Å². The van der Waals surface area contributed by atoms with Crippen LogP contribution in [0.1, 0.15) is 47.7 Å². The summed E-state index contributed by atoms with van der Waals surface area (Å²) in [4.78, 5) is 33.6. The van der Waals surface area contributed by atoms with Crippen molar-refractivity contribution in [2.24, 2.45) is 0 Å². The number of aliphatic hydroxyl groups is 1. The summed E-state index contributed by atoms with van der Waals surface area (Å²) in [5.41, 5.74) is 4.26. The van der Waals surface area contributed by atoms with Gasteiger partial charge in [-0.25, -0.2) is 13.6 Å². The molecular weight excluding hydrogens is 574 g/mol. The van der Waals surface area contributed by atoms with Crippen molar-refractivity contribution in [3.63, 3.8) is 0 Å². The lowest BCUT2D eigenvalue weighted by Crippen LogP contribution is -2.46.